The molecule has 2 aromatic rings. The number of carboxylic acid groups (broad SMARTS) is 1. The quantitative estimate of drug-likeness (QED) is 0.818. The Hall–Kier alpha value is -2.21. The highest BCUT2D eigenvalue weighted by molar-refractivity contribution is 5.88. The molecule has 6 fully saturated rings. The van der Waals surface area contributed by atoms with Crippen molar-refractivity contribution in [3.05, 3.63) is 40.3 Å². The lowest BCUT2D eigenvalue weighted by atomic mass is 9.78. The fourth-order valence-corrected chi connectivity index (χ4v) is 8.92. The average Bonchev–Trinajstić information content (AvgIpc) is 3.27. The zero-order valence-electron chi connectivity index (χ0n) is 17.7. The lowest BCUT2D eigenvalue weighted by Crippen LogP contribution is -2.58. The van der Waals surface area contributed by atoms with Crippen LogP contribution in [-0.4, -0.2) is 43.1 Å². The number of carboxylic acids is 1. The van der Waals surface area contributed by atoms with Crippen molar-refractivity contribution in [2.24, 2.45) is 17.8 Å². The Kier molecular flexibility index (Phi) is 3.66. The molecule has 2 unspecified atom stereocenters. The summed E-state index contributed by atoms with van der Waals surface area (Å²) in [4.78, 5) is 32.1. The van der Waals surface area contributed by atoms with Gasteiger partial charge in [-0.1, -0.05) is 12.1 Å². The first-order valence-corrected chi connectivity index (χ1v) is 12.1. The van der Waals surface area contributed by atoms with Gasteiger partial charge >= 0.3 is 5.97 Å². The molecule has 31 heavy (non-hydrogen) atoms. The van der Waals surface area contributed by atoms with Gasteiger partial charge in [-0.15, -0.1) is 0 Å². The van der Waals surface area contributed by atoms with E-state index in [4.69, 9.17) is 0 Å². The van der Waals surface area contributed by atoms with E-state index >= 15 is 0 Å². The van der Waals surface area contributed by atoms with Crippen LogP contribution in [-0.2, 0) is 0 Å². The van der Waals surface area contributed by atoms with E-state index in [0.29, 0.717) is 23.1 Å². The number of rotatable bonds is 3. The maximum absolute atomic E-state index is 13.2. The highest BCUT2D eigenvalue weighted by Gasteiger charge is 2.64. The maximum Gasteiger partial charge on any atom is 0.360 e. The molecule has 0 spiro atoms. The van der Waals surface area contributed by atoms with Crippen LogP contribution < -0.4 is 5.56 Å². The van der Waals surface area contributed by atoms with Gasteiger partial charge in [0.1, 0.15) is 0 Å². The van der Waals surface area contributed by atoms with Crippen molar-refractivity contribution in [3.63, 3.8) is 0 Å². The van der Waals surface area contributed by atoms with Crippen LogP contribution in [0.3, 0.4) is 0 Å². The molecular formula is C25H29N3O3. The number of para-hydroxylation sites is 2. The first-order valence-electron chi connectivity index (χ1n) is 12.1. The molecule has 162 valence electrons. The molecule has 2 saturated heterocycles. The third-order valence-corrected chi connectivity index (χ3v) is 9.53. The molecule has 8 rings (SSSR count). The topological polar surface area (TPSA) is 75.4 Å². The minimum atomic E-state index is -1.23. The normalized spacial score (nSPS) is 40.8. The second-order valence-corrected chi connectivity index (χ2v) is 11.0. The number of carbonyl (C=O) groups is 1. The second-order valence-electron chi connectivity index (χ2n) is 11.0. The Labute approximate surface area is 181 Å². The number of benzene rings is 1. The van der Waals surface area contributed by atoms with Crippen LogP contribution in [0.1, 0.15) is 74.3 Å². The lowest BCUT2D eigenvalue weighted by Gasteiger charge is -2.52. The van der Waals surface area contributed by atoms with E-state index in [1.165, 1.54) is 44.9 Å². The summed E-state index contributed by atoms with van der Waals surface area (Å²) >= 11 is 0. The van der Waals surface area contributed by atoms with Crippen molar-refractivity contribution in [2.75, 3.05) is 0 Å². The third kappa shape index (κ3) is 2.40. The van der Waals surface area contributed by atoms with Crippen molar-refractivity contribution in [2.45, 2.75) is 81.5 Å². The van der Waals surface area contributed by atoms with Gasteiger partial charge < -0.3 is 9.67 Å². The number of nitrogens with zero attached hydrogens (tertiary/aromatic N) is 3. The van der Waals surface area contributed by atoms with Gasteiger partial charge in [-0.2, -0.15) is 0 Å². The molecule has 1 N–H and O–H groups in total. The van der Waals surface area contributed by atoms with Gasteiger partial charge in [0, 0.05) is 23.7 Å². The Morgan fingerprint density at radius 2 is 1.65 bits per heavy atom. The number of fused-ring (bicyclic) bond motifs is 3. The Morgan fingerprint density at radius 1 is 0.968 bits per heavy atom. The summed E-state index contributed by atoms with van der Waals surface area (Å²) in [5, 5.41) is 9.60. The summed E-state index contributed by atoms with van der Waals surface area (Å²) < 4.78 is 1.78. The summed E-state index contributed by atoms with van der Waals surface area (Å²) in [6.45, 7) is 0. The Bertz CT molecular complexity index is 1130. The molecule has 6 bridgehead atoms. The van der Waals surface area contributed by atoms with Crippen LogP contribution in [0.25, 0.3) is 11.0 Å². The van der Waals surface area contributed by atoms with Crippen molar-refractivity contribution in [1.29, 1.82) is 0 Å². The highest BCUT2D eigenvalue weighted by atomic mass is 16.4. The number of piperidine rings is 1. The zero-order valence-corrected chi connectivity index (χ0v) is 17.7. The molecule has 0 amide bonds. The van der Waals surface area contributed by atoms with Crippen LogP contribution in [0.4, 0.5) is 0 Å². The van der Waals surface area contributed by atoms with Crippen LogP contribution in [0.2, 0.25) is 0 Å². The minimum absolute atomic E-state index is 0.0550. The molecule has 3 heterocycles. The minimum Gasteiger partial charge on any atom is -0.476 e. The first kappa shape index (κ1) is 18.4. The molecule has 6 heteroatoms. The third-order valence-electron chi connectivity index (χ3n) is 9.53. The molecule has 4 aliphatic carbocycles. The van der Waals surface area contributed by atoms with E-state index in [1.54, 1.807) is 4.57 Å². The fraction of sp³-hybridized carbons (Fsp3) is 0.640. The Balaban J connectivity index is 1.29. The summed E-state index contributed by atoms with van der Waals surface area (Å²) in [5.41, 5.74) is 1.01. The smallest absolute Gasteiger partial charge is 0.360 e. The van der Waals surface area contributed by atoms with Gasteiger partial charge in [0.2, 0.25) is 5.69 Å². The number of aromatic nitrogens is 2. The first-order chi connectivity index (χ1) is 15.0. The fourth-order valence-electron chi connectivity index (χ4n) is 8.92. The molecule has 5 atom stereocenters. The number of aromatic carboxylic acids is 1. The predicted octanol–water partition coefficient (Wildman–Crippen LogP) is 3.84. The molecule has 6 aliphatic rings. The van der Waals surface area contributed by atoms with Crippen molar-refractivity contribution < 1.29 is 9.90 Å². The molecule has 1 aromatic carbocycles. The highest BCUT2D eigenvalue weighted by Crippen LogP contribution is 2.65. The maximum atomic E-state index is 13.2. The molecule has 1 aromatic heterocycles. The van der Waals surface area contributed by atoms with Gasteiger partial charge in [0.15, 0.2) is 0 Å². The van der Waals surface area contributed by atoms with Crippen molar-refractivity contribution in [3.8, 4) is 0 Å². The second kappa shape index (κ2) is 6.18. The summed E-state index contributed by atoms with van der Waals surface area (Å²) in [7, 11) is 0. The Morgan fingerprint density at radius 3 is 2.32 bits per heavy atom. The van der Waals surface area contributed by atoms with Gasteiger partial charge in [0.05, 0.1) is 11.0 Å². The van der Waals surface area contributed by atoms with Gasteiger partial charge in [0.25, 0.3) is 5.56 Å². The van der Waals surface area contributed by atoms with E-state index in [1.807, 2.05) is 24.3 Å². The summed E-state index contributed by atoms with van der Waals surface area (Å²) in [6, 6.07) is 8.60. The van der Waals surface area contributed by atoms with Crippen LogP contribution in [0.15, 0.2) is 29.1 Å². The van der Waals surface area contributed by atoms with Gasteiger partial charge in [-0.05, 0) is 87.7 Å². The zero-order chi connectivity index (χ0) is 20.9. The van der Waals surface area contributed by atoms with E-state index in [9.17, 15) is 14.7 Å². The summed E-state index contributed by atoms with van der Waals surface area (Å²) in [5.74, 6) is 1.54. The standard InChI is InChI=1S/C25H29N3O3/c29-23-22(24(30)31)26-20-3-1-2-4-21(20)27(23)19-10-17-5-6-18(11-19)28(17)25-12-14-7-15(13-25)9-16(25)8-14/h1-4,14-19H,5-13H2,(H,30,31)/t14?,15?,16?,17-,18+,19+,25?. The molecule has 0 radical (unpaired) electrons. The van der Waals surface area contributed by atoms with E-state index < -0.39 is 11.5 Å². The molecule has 2 aliphatic heterocycles. The predicted molar refractivity (Wildman–Crippen MR) is 116 cm³/mol. The van der Waals surface area contributed by atoms with E-state index in [-0.39, 0.29) is 11.7 Å². The number of hydrogen-bond donors (Lipinski definition) is 1. The molecule has 4 saturated carbocycles. The monoisotopic (exact) mass is 419 g/mol. The largest absolute Gasteiger partial charge is 0.476 e. The van der Waals surface area contributed by atoms with Gasteiger partial charge in [-0.25, -0.2) is 9.78 Å². The molecular weight excluding hydrogens is 390 g/mol. The van der Waals surface area contributed by atoms with E-state index in [0.717, 1.165) is 36.1 Å². The van der Waals surface area contributed by atoms with Crippen LogP contribution >= 0.6 is 0 Å². The SMILES string of the molecule is O=C(O)c1nc2ccccc2n([C@H]2C[C@H]3CC[C@@H](C2)N3C23CC4CC(CC2C4)C3)c1=O. The number of hydrogen-bond acceptors (Lipinski definition) is 4. The van der Waals surface area contributed by atoms with Crippen molar-refractivity contribution in [1.82, 2.24) is 14.5 Å². The van der Waals surface area contributed by atoms with Crippen LogP contribution in [0, 0.1) is 17.8 Å². The summed E-state index contributed by atoms with van der Waals surface area (Å²) in [6.07, 6.45) is 11.5. The average molecular weight is 420 g/mol. The lowest BCUT2D eigenvalue weighted by molar-refractivity contribution is -0.0244. The van der Waals surface area contributed by atoms with E-state index in [2.05, 4.69) is 9.88 Å². The molecule has 6 nitrogen and oxygen atoms in total. The van der Waals surface area contributed by atoms with Crippen LogP contribution in [0.5, 0.6) is 0 Å². The van der Waals surface area contributed by atoms with Gasteiger partial charge in [-0.3, -0.25) is 9.69 Å². The van der Waals surface area contributed by atoms with Crippen molar-refractivity contribution >= 4 is 17.0 Å².